The van der Waals surface area contributed by atoms with Crippen molar-refractivity contribution in [1.82, 2.24) is 15.0 Å². The number of pyridine rings is 3. The first-order valence-electron chi connectivity index (χ1n) is 51.3. The summed E-state index contributed by atoms with van der Waals surface area (Å²) in [5, 5.41) is 8.04. The third kappa shape index (κ3) is 13.9. The number of anilines is 6. The van der Waals surface area contributed by atoms with Gasteiger partial charge < -0.3 is 42.2 Å². The van der Waals surface area contributed by atoms with Crippen molar-refractivity contribution < 1.29 is 36.9 Å². The summed E-state index contributed by atoms with van der Waals surface area (Å²) in [5.41, 5.74) is 10.4. The molecular formula is C109H134N8O4. The Morgan fingerprint density at radius 2 is 0.669 bits per heavy atom. The van der Waals surface area contributed by atoms with Crippen LogP contribution in [0.15, 0.2) is 194 Å². The molecule has 7 aliphatic rings. The Morgan fingerprint density at radius 3 is 1.07 bits per heavy atom. The van der Waals surface area contributed by atoms with Crippen molar-refractivity contribution in [3.05, 3.63) is 210 Å². The molecule has 5 aliphatic heterocycles. The van der Waals surface area contributed by atoms with Crippen molar-refractivity contribution in [2.45, 2.75) is 314 Å². The summed E-state index contributed by atoms with van der Waals surface area (Å²) >= 11 is 0. The fraction of sp³-hybridized carbons (Fsp3) is 0.477. The maximum atomic E-state index is 9.32. The van der Waals surface area contributed by atoms with Gasteiger partial charge in [0.05, 0.1) is 22.7 Å². The maximum Gasteiger partial charge on any atom is 0.227 e. The molecule has 12 heteroatoms. The van der Waals surface area contributed by atoms with E-state index in [9.17, 15) is 5.48 Å². The van der Waals surface area contributed by atoms with E-state index in [0.29, 0.717) is 28.6 Å². The highest BCUT2D eigenvalue weighted by Crippen LogP contribution is 2.61. The van der Waals surface area contributed by atoms with E-state index in [0.717, 1.165) is 168 Å². The molecule has 7 aromatic heterocycles. The van der Waals surface area contributed by atoms with Gasteiger partial charge in [0.15, 0.2) is 22.3 Å². The number of para-hydroxylation sites is 3. The molecule has 21 rings (SSSR count). The van der Waals surface area contributed by atoms with Gasteiger partial charge in [-0.05, 0) is 274 Å². The molecule has 634 valence electrons. The van der Waals surface area contributed by atoms with Crippen molar-refractivity contribution in [1.29, 1.82) is 0 Å². The number of nitrogens with zero attached hydrogens (tertiary/aromatic N) is 8. The van der Waals surface area contributed by atoms with E-state index < -0.39 is 84.3 Å². The summed E-state index contributed by atoms with van der Waals surface area (Å²) in [6, 6.07) is 52.6. The summed E-state index contributed by atoms with van der Waals surface area (Å²) in [6.45, 7) is 38.9. The summed E-state index contributed by atoms with van der Waals surface area (Å²) < 4.78 is 147. The van der Waals surface area contributed by atoms with Crippen LogP contribution < -0.4 is 24.5 Å². The van der Waals surface area contributed by atoms with E-state index in [1.807, 2.05) is 128 Å². The van der Waals surface area contributed by atoms with E-state index in [4.69, 9.17) is 31.4 Å². The third-order valence-corrected chi connectivity index (χ3v) is 29.1. The Balaban J connectivity index is 0.000000118. The molecular weight excluding hydrogens is 1490 g/mol. The van der Waals surface area contributed by atoms with Gasteiger partial charge in [0, 0.05) is 150 Å². The summed E-state index contributed by atoms with van der Waals surface area (Å²) in [4.78, 5) is 24.3. The SMILES string of the molecule is Cc1ccccc1N1c2ncccc2C(C)(C)C1C.[2H]C([2H])([2H])C1(C)C(C)N(c2c(C)ccc3c2oc2ccccc23)C(C)(C)C1([2H])[2H].[2H]C([2H])([2H])C1(C)C(C)N(c2c(C)ccc3c2oc2ncccc23)C(C)(C)C1([2H])[2H].[2H]C1([2H])C2(CCCCC2)C(C)N(c2c(C)ccc3c2oc2ccccc23)C1(C)C.[2H]C1([2H])C2(CCCCC2)C(C)N(c2c(C)ccc3c2oc2ncccc23)C1(C)C. The van der Waals surface area contributed by atoms with Crippen LogP contribution in [0.25, 0.3) is 88.0 Å². The highest BCUT2D eigenvalue weighted by molar-refractivity contribution is 6.12. The zero-order chi connectivity index (χ0) is 98.0. The van der Waals surface area contributed by atoms with Crippen molar-refractivity contribution in [3.63, 3.8) is 0 Å². The Morgan fingerprint density at radius 1 is 0.331 bits per heavy atom. The predicted molar refractivity (Wildman–Crippen MR) is 511 cm³/mol. The van der Waals surface area contributed by atoms with Gasteiger partial charge in [-0.3, -0.25) is 0 Å². The van der Waals surface area contributed by atoms with Crippen LogP contribution in [0.2, 0.25) is 0 Å². The van der Waals surface area contributed by atoms with Gasteiger partial charge in [-0.15, -0.1) is 0 Å². The molecule has 2 aliphatic carbocycles. The number of rotatable bonds is 5. The topological polar surface area (TPSA) is 107 Å². The lowest BCUT2D eigenvalue weighted by Crippen LogP contribution is -2.44. The molecule has 4 saturated heterocycles. The number of aryl methyl sites for hydroxylation is 5. The first kappa shape index (κ1) is 67.7. The lowest BCUT2D eigenvalue weighted by molar-refractivity contribution is 0.170. The number of benzene rings is 7. The average Bonchev–Trinajstić information content (AvgIpc) is 1.52. The number of hydrogen-bond acceptors (Lipinski definition) is 12. The summed E-state index contributed by atoms with van der Waals surface area (Å²) in [6.07, 6.45) is 9.58. The van der Waals surface area contributed by atoms with E-state index in [1.54, 1.807) is 60.9 Å². The average molecular weight is 1630 g/mol. The Kier molecular flexibility index (Phi) is 17.0. The quantitative estimate of drug-likeness (QED) is 0.164. The molecule has 0 amide bonds. The smallest absolute Gasteiger partial charge is 0.227 e. The van der Waals surface area contributed by atoms with Crippen LogP contribution in [-0.2, 0) is 5.41 Å². The van der Waals surface area contributed by atoms with Crippen LogP contribution in [0.4, 0.5) is 34.3 Å². The number of hydrogen-bond donors (Lipinski definition) is 0. The molecule has 7 atom stereocenters. The van der Waals surface area contributed by atoms with Crippen LogP contribution in [0.3, 0.4) is 0 Å². The van der Waals surface area contributed by atoms with Gasteiger partial charge in [0.1, 0.15) is 17.0 Å². The van der Waals surface area contributed by atoms with Crippen molar-refractivity contribution in [3.8, 4) is 0 Å². The van der Waals surface area contributed by atoms with E-state index in [1.165, 1.54) is 29.7 Å². The zero-order valence-electron chi connectivity index (χ0n) is 89.4. The number of aromatic nitrogens is 3. The van der Waals surface area contributed by atoms with Crippen LogP contribution in [0, 0.1) is 56.3 Å². The van der Waals surface area contributed by atoms with Crippen LogP contribution in [0.1, 0.15) is 274 Å². The number of furan rings is 4. The Labute approximate surface area is 739 Å². The Bertz CT molecular complexity index is 6570. The second-order valence-electron chi connectivity index (χ2n) is 39.2. The predicted octanol–water partition coefficient (Wildman–Crippen LogP) is 30.0. The summed E-state index contributed by atoms with van der Waals surface area (Å²) in [5.74, 6) is 1.11. The van der Waals surface area contributed by atoms with E-state index in [-0.39, 0.29) is 28.3 Å². The van der Waals surface area contributed by atoms with Crippen LogP contribution >= 0.6 is 0 Å². The van der Waals surface area contributed by atoms with E-state index in [2.05, 4.69) is 179 Å². The number of fused-ring (bicyclic) bond motifs is 13. The van der Waals surface area contributed by atoms with Crippen molar-refractivity contribution in [2.75, 3.05) is 24.5 Å². The minimum absolute atomic E-state index is 0.0956. The van der Waals surface area contributed by atoms with Gasteiger partial charge in [-0.2, -0.15) is 0 Å². The zero-order valence-corrected chi connectivity index (χ0v) is 75.4. The molecule has 121 heavy (non-hydrogen) atoms. The summed E-state index contributed by atoms with van der Waals surface area (Å²) in [7, 11) is 0. The minimum Gasteiger partial charge on any atom is -0.454 e. The molecule has 12 nitrogen and oxygen atoms in total. The van der Waals surface area contributed by atoms with Gasteiger partial charge >= 0.3 is 0 Å². The molecule has 0 N–H and O–H groups in total. The highest BCUT2D eigenvalue weighted by atomic mass is 16.3. The van der Waals surface area contributed by atoms with Gasteiger partial charge in [-0.25, -0.2) is 15.0 Å². The maximum absolute atomic E-state index is 9.32. The normalized spacial score (nSPS) is 28.2. The monoisotopic (exact) mass is 1630 g/mol. The van der Waals surface area contributed by atoms with Crippen LogP contribution in [-0.4, -0.2) is 67.3 Å². The van der Waals surface area contributed by atoms with E-state index >= 15 is 0 Å². The Hall–Kier alpha value is -9.81. The fourth-order valence-corrected chi connectivity index (χ4v) is 22.9. The van der Waals surface area contributed by atoms with Crippen molar-refractivity contribution >= 4 is 122 Å². The molecule has 7 unspecified atom stereocenters. The standard InChI is InChI=1S/C25H31NO.C24H30N2O.C22H27NO.C21H26N2O.C17H20N2/c1-17-12-13-20-19-10-6-7-11-21(19)27-23(20)22(17)26-18(2)25(16-24(26,3)4)14-8-5-9-15-25;1-16-10-11-18-19-9-8-14-25-22(19)27-21(18)20(16)26-17(2)24(15-23(26,3)4)12-6-5-7-13-24;1-14-11-12-17-16-9-7-8-10-18(16)24-20(17)19(14)23-15(2)21(3,4)13-22(23,5)6;1-13-9-10-15-16-8-7-11-22-19(16)24-18(15)17(13)23-14(2)20(3,4)12-21(23,5)6;1-12-8-5-6-10-15(12)19-13(2)17(3,4)14-9-7-11-18-16(14)19/h6-7,10-13,18H,5,8-9,14-16H2,1-4H3;8-11,14,17H,5-7,12-13,15H2,1-4H3;7-12,15H,13H2,1-6H3;7-11,14H,12H2,1-6H3;5-11,13H,1-4H3/i16D2;15D2;3D3,13D2;3D3,12D2;. The second-order valence-corrected chi connectivity index (χ2v) is 39.2. The van der Waals surface area contributed by atoms with Gasteiger partial charge in [0.25, 0.3) is 0 Å². The molecule has 7 aromatic carbocycles. The second kappa shape index (κ2) is 30.3. The molecule has 0 radical (unpaired) electrons. The highest BCUT2D eigenvalue weighted by Gasteiger charge is 2.57. The lowest BCUT2D eigenvalue weighted by atomic mass is 9.68. The lowest BCUT2D eigenvalue weighted by Gasteiger charge is -2.41. The first-order chi connectivity index (χ1) is 63.0. The fourth-order valence-electron chi connectivity index (χ4n) is 22.9. The van der Waals surface area contributed by atoms with Gasteiger partial charge in [0.2, 0.25) is 11.4 Å². The molecule has 6 fully saturated rings. The molecule has 0 bridgehead atoms. The van der Waals surface area contributed by atoms with Crippen LogP contribution in [0.5, 0.6) is 0 Å². The molecule has 2 spiro atoms. The largest absolute Gasteiger partial charge is 0.454 e. The molecule has 12 heterocycles. The van der Waals surface area contributed by atoms with Crippen molar-refractivity contribution in [2.24, 2.45) is 21.7 Å². The molecule has 14 aromatic rings. The van der Waals surface area contributed by atoms with Gasteiger partial charge in [-0.1, -0.05) is 189 Å². The third-order valence-electron chi connectivity index (χ3n) is 29.1. The molecule has 2 saturated carbocycles. The first-order valence-corrected chi connectivity index (χ1v) is 44.3. The minimum atomic E-state index is -2.47.